The first-order valence-corrected chi connectivity index (χ1v) is 9.63. The van der Waals surface area contributed by atoms with Gasteiger partial charge in [0.2, 0.25) is 0 Å². The molecule has 0 atom stereocenters. The monoisotopic (exact) mass is 384 g/mol. The number of aromatic nitrogens is 5. The number of carbonyl (C=O) groups is 1. The van der Waals surface area contributed by atoms with E-state index < -0.39 is 0 Å². The predicted octanol–water partition coefficient (Wildman–Crippen LogP) is 4.03. The highest BCUT2D eigenvalue weighted by atomic mass is 16.1. The second kappa shape index (κ2) is 7.01. The zero-order valence-electron chi connectivity index (χ0n) is 16.0. The highest BCUT2D eigenvalue weighted by Gasteiger charge is 2.28. The van der Waals surface area contributed by atoms with Crippen molar-refractivity contribution in [3.8, 4) is 17.1 Å². The van der Waals surface area contributed by atoms with Gasteiger partial charge >= 0.3 is 0 Å². The smallest absolute Gasteiger partial charge is 0.255 e. The molecule has 0 bridgehead atoms. The van der Waals surface area contributed by atoms with Gasteiger partial charge < -0.3 is 9.88 Å². The predicted molar refractivity (Wildman–Crippen MR) is 110 cm³/mol. The summed E-state index contributed by atoms with van der Waals surface area (Å²) >= 11 is 0. The molecule has 4 aromatic rings. The quantitative estimate of drug-likeness (QED) is 0.564. The molecule has 5 rings (SSSR count). The molecule has 2 aromatic carbocycles. The molecule has 0 saturated heterocycles. The van der Waals surface area contributed by atoms with Crippen LogP contribution in [0.2, 0.25) is 0 Å². The van der Waals surface area contributed by atoms with Crippen LogP contribution in [-0.4, -0.2) is 30.7 Å². The highest BCUT2D eigenvalue weighted by molar-refractivity contribution is 6.04. The molecule has 2 heterocycles. The van der Waals surface area contributed by atoms with E-state index in [0.717, 1.165) is 35.5 Å². The van der Waals surface area contributed by atoms with Gasteiger partial charge in [-0.2, -0.15) is 0 Å². The molecule has 0 radical (unpaired) electrons. The van der Waals surface area contributed by atoms with Crippen LogP contribution >= 0.6 is 0 Å². The van der Waals surface area contributed by atoms with Crippen molar-refractivity contribution in [2.24, 2.45) is 0 Å². The van der Waals surface area contributed by atoms with Gasteiger partial charge in [-0.05, 0) is 72.2 Å². The van der Waals surface area contributed by atoms with Gasteiger partial charge in [-0.3, -0.25) is 4.79 Å². The first-order chi connectivity index (χ1) is 14.2. The fraction of sp³-hybridized carbons (Fsp3) is 0.182. The van der Waals surface area contributed by atoms with Gasteiger partial charge in [0, 0.05) is 34.9 Å². The van der Waals surface area contributed by atoms with Crippen LogP contribution in [-0.2, 0) is 0 Å². The Bertz CT molecular complexity index is 1170. The third kappa shape index (κ3) is 3.42. The molecule has 144 valence electrons. The first-order valence-electron chi connectivity index (χ1n) is 9.63. The number of nitrogens with one attached hydrogen (secondary N) is 1. The Balaban J connectivity index is 1.40. The summed E-state index contributed by atoms with van der Waals surface area (Å²) in [5.74, 6) is 0.575. The van der Waals surface area contributed by atoms with Crippen molar-refractivity contribution in [3.63, 3.8) is 0 Å². The van der Waals surface area contributed by atoms with Crippen LogP contribution in [0.5, 0.6) is 0 Å². The van der Waals surface area contributed by atoms with E-state index in [4.69, 9.17) is 0 Å². The van der Waals surface area contributed by atoms with Gasteiger partial charge in [-0.1, -0.05) is 18.2 Å². The maximum Gasteiger partial charge on any atom is 0.255 e. The summed E-state index contributed by atoms with van der Waals surface area (Å²) in [6, 6.07) is 17.7. The summed E-state index contributed by atoms with van der Waals surface area (Å²) in [4.78, 5) is 12.9. The van der Waals surface area contributed by atoms with E-state index in [1.165, 1.54) is 0 Å². The van der Waals surface area contributed by atoms with E-state index in [9.17, 15) is 4.79 Å². The molecule has 29 heavy (non-hydrogen) atoms. The molecule has 1 aliphatic carbocycles. The summed E-state index contributed by atoms with van der Waals surface area (Å²) in [5, 5.41) is 15.1. The van der Waals surface area contributed by atoms with E-state index in [1.807, 2.05) is 83.2 Å². The molecular formula is C22H20N6O. The fourth-order valence-corrected chi connectivity index (χ4v) is 3.41. The maximum absolute atomic E-state index is 12.9. The number of aryl methyl sites for hydroxylation is 1. The van der Waals surface area contributed by atoms with Crippen LogP contribution in [0.25, 0.3) is 17.1 Å². The third-order valence-corrected chi connectivity index (χ3v) is 5.12. The minimum atomic E-state index is -0.155. The summed E-state index contributed by atoms with van der Waals surface area (Å²) in [5.41, 5.74) is 4.29. The average Bonchev–Trinajstić information content (AvgIpc) is 3.22. The highest BCUT2D eigenvalue weighted by Crippen LogP contribution is 2.36. The van der Waals surface area contributed by atoms with E-state index >= 15 is 0 Å². The van der Waals surface area contributed by atoms with Crippen molar-refractivity contribution in [1.29, 1.82) is 0 Å². The molecule has 1 aliphatic rings. The fourth-order valence-electron chi connectivity index (χ4n) is 3.41. The molecule has 0 spiro atoms. The lowest BCUT2D eigenvalue weighted by molar-refractivity contribution is 0.102. The van der Waals surface area contributed by atoms with Gasteiger partial charge in [0.15, 0.2) is 5.82 Å². The molecule has 1 amide bonds. The number of hydrogen-bond acceptors (Lipinski definition) is 4. The van der Waals surface area contributed by atoms with Gasteiger partial charge in [-0.25, -0.2) is 4.68 Å². The molecule has 7 heteroatoms. The molecule has 0 aliphatic heterocycles. The number of amides is 1. The zero-order valence-corrected chi connectivity index (χ0v) is 16.0. The van der Waals surface area contributed by atoms with Crippen LogP contribution in [0.1, 0.15) is 34.8 Å². The second-order valence-electron chi connectivity index (χ2n) is 7.30. The van der Waals surface area contributed by atoms with Crippen LogP contribution in [0.4, 0.5) is 5.69 Å². The van der Waals surface area contributed by atoms with E-state index in [1.54, 1.807) is 0 Å². The summed E-state index contributed by atoms with van der Waals surface area (Å²) < 4.78 is 3.87. The number of rotatable bonds is 5. The Labute approximate surface area is 168 Å². The average molecular weight is 384 g/mol. The number of benzene rings is 2. The lowest BCUT2D eigenvalue weighted by Crippen LogP contribution is -2.13. The maximum atomic E-state index is 12.9. The molecule has 2 aromatic heterocycles. The molecule has 1 saturated carbocycles. The molecule has 7 nitrogen and oxygen atoms in total. The van der Waals surface area contributed by atoms with Crippen molar-refractivity contribution in [2.75, 3.05) is 5.32 Å². The molecule has 1 fully saturated rings. The standard InChI is InChI=1S/C22H20N6O/c1-15-7-8-17(14-20(15)27-11-2-3-12-27)22(29)23-18-6-4-5-16(13-18)21-24-25-26-28(21)19-9-10-19/h2-8,11-14,19H,9-10H2,1H3,(H,23,29). The van der Waals surface area contributed by atoms with Gasteiger partial charge in [0.05, 0.1) is 6.04 Å². The summed E-state index contributed by atoms with van der Waals surface area (Å²) in [7, 11) is 0. The minimum Gasteiger partial charge on any atom is -0.324 e. The van der Waals surface area contributed by atoms with Crippen molar-refractivity contribution >= 4 is 11.6 Å². The Hall–Kier alpha value is -3.74. The molecular weight excluding hydrogens is 364 g/mol. The van der Waals surface area contributed by atoms with Crippen molar-refractivity contribution < 1.29 is 4.79 Å². The topological polar surface area (TPSA) is 77.6 Å². The zero-order chi connectivity index (χ0) is 19.8. The first kappa shape index (κ1) is 17.4. The van der Waals surface area contributed by atoms with Crippen molar-refractivity contribution in [2.45, 2.75) is 25.8 Å². The lowest BCUT2D eigenvalue weighted by atomic mass is 10.1. The normalized spacial score (nSPS) is 13.4. The van der Waals surface area contributed by atoms with E-state index in [2.05, 4.69) is 20.8 Å². The van der Waals surface area contributed by atoms with Crippen LogP contribution in [0.15, 0.2) is 67.0 Å². The number of carbonyl (C=O) groups excluding carboxylic acids is 1. The van der Waals surface area contributed by atoms with E-state index in [-0.39, 0.29) is 5.91 Å². The second-order valence-corrected chi connectivity index (χ2v) is 7.30. The van der Waals surface area contributed by atoms with Crippen LogP contribution in [0, 0.1) is 6.92 Å². The Morgan fingerprint density at radius 2 is 1.90 bits per heavy atom. The number of nitrogens with zero attached hydrogens (tertiary/aromatic N) is 5. The van der Waals surface area contributed by atoms with Gasteiger partial charge in [-0.15, -0.1) is 5.10 Å². The van der Waals surface area contributed by atoms with Crippen LogP contribution < -0.4 is 5.32 Å². The Kier molecular flexibility index (Phi) is 4.20. The number of tetrazole rings is 1. The largest absolute Gasteiger partial charge is 0.324 e. The van der Waals surface area contributed by atoms with Crippen molar-refractivity contribution in [1.82, 2.24) is 24.8 Å². The molecule has 1 N–H and O–H groups in total. The minimum absolute atomic E-state index is 0.155. The number of hydrogen-bond donors (Lipinski definition) is 1. The Morgan fingerprint density at radius 3 is 2.69 bits per heavy atom. The molecule has 0 unspecified atom stereocenters. The third-order valence-electron chi connectivity index (χ3n) is 5.12. The van der Waals surface area contributed by atoms with E-state index in [0.29, 0.717) is 17.3 Å². The summed E-state index contributed by atoms with van der Waals surface area (Å²) in [6.45, 7) is 2.03. The Morgan fingerprint density at radius 1 is 1.07 bits per heavy atom. The SMILES string of the molecule is Cc1ccc(C(=O)Nc2cccc(-c3nnnn3C3CC3)c2)cc1-n1cccc1. The van der Waals surface area contributed by atoms with Gasteiger partial charge in [0.25, 0.3) is 5.91 Å². The van der Waals surface area contributed by atoms with Crippen LogP contribution in [0.3, 0.4) is 0 Å². The van der Waals surface area contributed by atoms with Crippen molar-refractivity contribution in [3.05, 3.63) is 78.1 Å². The lowest BCUT2D eigenvalue weighted by Gasteiger charge is -2.11. The summed E-state index contributed by atoms with van der Waals surface area (Å²) in [6.07, 6.45) is 6.15. The number of anilines is 1. The van der Waals surface area contributed by atoms with Gasteiger partial charge in [0.1, 0.15) is 0 Å².